The summed E-state index contributed by atoms with van der Waals surface area (Å²) in [5.74, 6) is 0.716. The SMILES string of the molecule is C=C1NC=C(CC(C)C)C=C1C. The van der Waals surface area contributed by atoms with Crippen molar-refractivity contribution in [3.05, 3.63) is 35.7 Å². The van der Waals surface area contributed by atoms with Crippen LogP contribution in [0.4, 0.5) is 0 Å². The minimum absolute atomic E-state index is 0.716. The first-order valence-corrected chi connectivity index (χ1v) is 4.42. The van der Waals surface area contributed by atoms with Crippen molar-refractivity contribution in [2.45, 2.75) is 27.2 Å². The van der Waals surface area contributed by atoms with Gasteiger partial charge in [-0.2, -0.15) is 0 Å². The summed E-state index contributed by atoms with van der Waals surface area (Å²) in [6.45, 7) is 10.4. The van der Waals surface area contributed by atoms with Crippen LogP contribution in [0.3, 0.4) is 0 Å². The van der Waals surface area contributed by atoms with Crippen molar-refractivity contribution in [3.8, 4) is 0 Å². The average molecular weight is 163 g/mol. The summed E-state index contributed by atoms with van der Waals surface area (Å²) in [4.78, 5) is 0. The lowest BCUT2D eigenvalue weighted by atomic mass is 9.99. The second-order valence-corrected chi connectivity index (χ2v) is 3.77. The third-order valence-corrected chi connectivity index (χ3v) is 1.95. The maximum absolute atomic E-state index is 3.88. The highest BCUT2D eigenvalue weighted by atomic mass is 14.9. The van der Waals surface area contributed by atoms with Gasteiger partial charge in [-0.25, -0.2) is 0 Å². The lowest BCUT2D eigenvalue weighted by molar-refractivity contribution is 0.645. The van der Waals surface area contributed by atoms with Crippen LogP contribution in [0.5, 0.6) is 0 Å². The van der Waals surface area contributed by atoms with E-state index >= 15 is 0 Å². The zero-order valence-electron chi connectivity index (χ0n) is 8.15. The van der Waals surface area contributed by atoms with Crippen molar-refractivity contribution < 1.29 is 0 Å². The molecule has 0 aromatic carbocycles. The van der Waals surface area contributed by atoms with Crippen LogP contribution in [0.15, 0.2) is 35.7 Å². The summed E-state index contributed by atoms with van der Waals surface area (Å²) < 4.78 is 0. The third kappa shape index (κ3) is 2.26. The average Bonchev–Trinajstić information content (AvgIpc) is 1.96. The molecule has 1 heterocycles. The molecule has 0 aromatic rings. The number of rotatable bonds is 2. The quantitative estimate of drug-likeness (QED) is 0.660. The Bertz CT molecular complexity index is 244. The van der Waals surface area contributed by atoms with Crippen LogP contribution in [0, 0.1) is 5.92 Å². The molecule has 66 valence electrons. The van der Waals surface area contributed by atoms with E-state index in [9.17, 15) is 0 Å². The van der Waals surface area contributed by atoms with Crippen molar-refractivity contribution in [2.75, 3.05) is 0 Å². The Kier molecular flexibility index (Phi) is 2.74. The highest BCUT2D eigenvalue weighted by Gasteiger charge is 2.05. The zero-order chi connectivity index (χ0) is 9.14. The van der Waals surface area contributed by atoms with Gasteiger partial charge >= 0.3 is 0 Å². The van der Waals surface area contributed by atoms with E-state index in [0.29, 0.717) is 5.92 Å². The van der Waals surface area contributed by atoms with E-state index in [-0.39, 0.29) is 0 Å². The fourth-order valence-corrected chi connectivity index (χ4v) is 1.29. The largest absolute Gasteiger partial charge is 0.362 e. The number of allylic oxidation sites excluding steroid dienone is 3. The monoisotopic (exact) mass is 163 g/mol. The van der Waals surface area contributed by atoms with E-state index < -0.39 is 0 Å². The summed E-state index contributed by atoms with van der Waals surface area (Å²) in [7, 11) is 0. The minimum Gasteiger partial charge on any atom is -0.362 e. The predicted octanol–water partition coefficient (Wildman–Crippen LogP) is 2.98. The predicted molar refractivity (Wildman–Crippen MR) is 53.6 cm³/mol. The molecule has 0 aliphatic carbocycles. The van der Waals surface area contributed by atoms with Gasteiger partial charge in [0.2, 0.25) is 0 Å². The maximum atomic E-state index is 3.88. The normalized spacial score (nSPS) is 17.2. The van der Waals surface area contributed by atoms with E-state index in [2.05, 4.69) is 44.9 Å². The Morgan fingerprint density at radius 1 is 1.50 bits per heavy atom. The summed E-state index contributed by atoms with van der Waals surface area (Å²) in [5, 5.41) is 3.16. The van der Waals surface area contributed by atoms with Gasteiger partial charge in [-0.15, -0.1) is 0 Å². The first-order chi connectivity index (χ1) is 5.59. The molecule has 1 aliphatic heterocycles. The van der Waals surface area contributed by atoms with Gasteiger partial charge in [-0.05, 0) is 30.4 Å². The van der Waals surface area contributed by atoms with Crippen molar-refractivity contribution in [2.24, 2.45) is 5.92 Å². The molecule has 0 bridgehead atoms. The number of hydrogen-bond donors (Lipinski definition) is 1. The number of dihydropyridines is 1. The van der Waals surface area contributed by atoms with Gasteiger partial charge < -0.3 is 5.32 Å². The fourth-order valence-electron chi connectivity index (χ4n) is 1.29. The Morgan fingerprint density at radius 3 is 2.67 bits per heavy atom. The van der Waals surface area contributed by atoms with Crippen LogP contribution in [0.2, 0.25) is 0 Å². The Labute approximate surface area is 74.9 Å². The van der Waals surface area contributed by atoms with Crippen LogP contribution >= 0.6 is 0 Å². The first kappa shape index (κ1) is 9.11. The topological polar surface area (TPSA) is 12.0 Å². The summed E-state index contributed by atoms with van der Waals surface area (Å²) >= 11 is 0. The second-order valence-electron chi connectivity index (χ2n) is 3.77. The highest BCUT2D eigenvalue weighted by molar-refractivity contribution is 5.38. The summed E-state index contributed by atoms with van der Waals surface area (Å²) in [5.41, 5.74) is 3.63. The maximum Gasteiger partial charge on any atom is 0.0336 e. The molecular formula is C11H17N. The minimum atomic E-state index is 0.716. The summed E-state index contributed by atoms with van der Waals surface area (Å²) in [6, 6.07) is 0. The smallest absolute Gasteiger partial charge is 0.0336 e. The Morgan fingerprint density at radius 2 is 2.17 bits per heavy atom. The molecule has 0 aromatic heterocycles. The van der Waals surface area contributed by atoms with Crippen molar-refractivity contribution >= 4 is 0 Å². The van der Waals surface area contributed by atoms with Gasteiger partial charge in [0.25, 0.3) is 0 Å². The Hall–Kier alpha value is -0.980. The van der Waals surface area contributed by atoms with Crippen molar-refractivity contribution in [1.29, 1.82) is 0 Å². The van der Waals surface area contributed by atoms with Gasteiger partial charge in [0, 0.05) is 11.9 Å². The van der Waals surface area contributed by atoms with Crippen molar-refractivity contribution in [1.82, 2.24) is 5.32 Å². The number of hydrogen-bond acceptors (Lipinski definition) is 1. The first-order valence-electron chi connectivity index (χ1n) is 4.42. The molecule has 12 heavy (non-hydrogen) atoms. The molecule has 0 saturated heterocycles. The molecule has 0 saturated carbocycles. The van der Waals surface area contributed by atoms with E-state index in [0.717, 1.165) is 12.1 Å². The number of nitrogens with one attached hydrogen (secondary N) is 1. The molecule has 0 amide bonds. The molecule has 0 fully saturated rings. The lowest BCUT2D eigenvalue weighted by Crippen LogP contribution is -2.11. The zero-order valence-corrected chi connectivity index (χ0v) is 8.15. The van der Waals surface area contributed by atoms with Gasteiger partial charge in [0.1, 0.15) is 0 Å². The molecule has 0 radical (unpaired) electrons. The fraction of sp³-hybridized carbons (Fsp3) is 0.455. The van der Waals surface area contributed by atoms with Gasteiger partial charge in [-0.3, -0.25) is 0 Å². The van der Waals surface area contributed by atoms with Crippen molar-refractivity contribution in [3.63, 3.8) is 0 Å². The molecule has 0 spiro atoms. The standard InChI is InChI=1S/C11H17N/c1-8(2)5-11-6-9(3)10(4)12-7-11/h6-8,12H,4-5H2,1-3H3. The lowest BCUT2D eigenvalue weighted by Gasteiger charge is -2.16. The molecular weight excluding hydrogens is 146 g/mol. The molecule has 0 atom stereocenters. The summed E-state index contributed by atoms with van der Waals surface area (Å²) in [6.07, 6.45) is 5.39. The van der Waals surface area contributed by atoms with Crippen LogP contribution in [0.1, 0.15) is 27.2 Å². The van der Waals surface area contributed by atoms with E-state index in [1.807, 2.05) is 0 Å². The molecule has 1 nitrogen and oxygen atoms in total. The van der Waals surface area contributed by atoms with Crippen LogP contribution in [-0.4, -0.2) is 0 Å². The van der Waals surface area contributed by atoms with Crippen LogP contribution < -0.4 is 5.32 Å². The molecule has 1 heteroatoms. The van der Waals surface area contributed by atoms with Crippen LogP contribution in [0.25, 0.3) is 0 Å². The van der Waals surface area contributed by atoms with E-state index in [1.54, 1.807) is 0 Å². The molecule has 0 unspecified atom stereocenters. The van der Waals surface area contributed by atoms with Gasteiger partial charge in [0.15, 0.2) is 0 Å². The van der Waals surface area contributed by atoms with E-state index in [1.165, 1.54) is 11.1 Å². The van der Waals surface area contributed by atoms with Gasteiger partial charge in [0.05, 0.1) is 0 Å². The highest BCUT2D eigenvalue weighted by Crippen LogP contribution is 2.19. The third-order valence-electron chi connectivity index (χ3n) is 1.95. The van der Waals surface area contributed by atoms with E-state index in [4.69, 9.17) is 0 Å². The Balaban J connectivity index is 2.65. The molecule has 1 rings (SSSR count). The molecule has 1 aliphatic rings. The molecule has 1 N–H and O–H groups in total. The van der Waals surface area contributed by atoms with Gasteiger partial charge in [-0.1, -0.05) is 26.5 Å². The second kappa shape index (κ2) is 3.61. The van der Waals surface area contributed by atoms with Crippen LogP contribution in [-0.2, 0) is 0 Å².